The van der Waals surface area contributed by atoms with Crippen LogP contribution in [0.15, 0.2) is 18.3 Å². The van der Waals surface area contributed by atoms with E-state index in [1.165, 1.54) is 5.56 Å². The first-order chi connectivity index (χ1) is 6.24. The lowest BCUT2D eigenvalue weighted by molar-refractivity contribution is 0.851. The quantitative estimate of drug-likeness (QED) is 0.706. The molecule has 70 valence electrons. The van der Waals surface area contributed by atoms with Crippen molar-refractivity contribution in [2.75, 3.05) is 0 Å². The smallest absolute Gasteiger partial charge is 0.163 e. The van der Waals surface area contributed by atoms with Crippen LogP contribution in [0.5, 0.6) is 0 Å². The number of nitrogens with zero attached hydrogens (tertiary/aromatic N) is 1. The van der Waals surface area contributed by atoms with Crippen LogP contribution >= 0.6 is 12.2 Å². The zero-order valence-electron chi connectivity index (χ0n) is 7.58. The molecule has 0 aliphatic heterocycles. The minimum absolute atomic E-state index is 0.313. The molecule has 1 rings (SSSR count). The molecule has 0 saturated carbocycles. The summed E-state index contributed by atoms with van der Waals surface area (Å²) < 4.78 is 0. The summed E-state index contributed by atoms with van der Waals surface area (Å²) in [6.07, 6.45) is 2.75. The highest BCUT2D eigenvalue weighted by molar-refractivity contribution is 7.80. The lowest BCUT2D eigenvalue weighted by Gasteiger charge is -2.06. The van der Waals surface area contributed by atoms with Gasteiger partial charge < -0.3 is 11.1 Å². The summed E-state index contributed by atoms with van der Waals surface area (Å²) in [6, 6.07) is 3.99. The summed E-state index contributed by atoms with van der Waals surface area (Å²) in [6.45, 7) is 2.71. The molecule has 1 aromatic rings. The standard InChI is InChI=1S/C9H13N3S/c1-2-7-4-3-5-11-8(7)6-12-9(10)13/h3-5H,2,6H2,1H3,(H3,10,12,13). The van der Waals surface area contributed by atoms with Crippen LogP contribution in [0.2, 0.25) is 0 Å². The van der Waals surface area contributed by atoms with Gasteiger partial charge in [0, 0.05) is 6.20 Å². The molecule has 3 nitrogen and oxygen atoms in total. The molecule has 13 heavy (non-hydrogen) atoms. The maximum atomic E-state index is 5.32. The molecule has 0 aliphatic carbocycles. The molecule has 0 spiro atoms. The van der Waals surface area contributed by atoms with Crippen molar-refractivity contribution in [3.8, 4) is 0 Å². The fourth-order valence-electron chi connectivity index (χ4n) is 1.12. The van der Waals surface area contributed by atoms with Gasteiger partial charge in [-0.1, -0.05) is 13.0 Å². The molecule has 3 N–H and O–H groups in total. The molecule has 0 bridgehead atoms. The van der Waals surface area contributed by atoms with Crippen molar-refractivity contribution < 1.29 is 0 Å². The summed E-state index contributed by atoms with van der Waals surface area (Å²) in [5, 5.41) is 3.20. The summed E-state index contributed by atoms with van der Waals surface area (Å²) in [5.41, 5.74) is 7.56. The third kappa shape index (κ3) is 2.99. The van der Waals surface area contributed by atoms with E-state index in [1.54, 1.807) is 6.20 Å². The first-order valence-electron chi connectivity index (χ1n) is 4.20. The third-order valence-corrected chi connectivity index (χ3v) is 1.94. The minimum atomic E-state index is 0.313. The zero-order valence-corrected chi connectivity index (χ0v) is 8.40. The summed E-state index contributed by atoms with van der Waals surface area (Å²) >= 11 is 4.71. The van der Waals surface area contributed by atoms with Gasteiger partial charge >= 0.3 is 0 Å². The SMILES string of the molecule is CCc1cccnc1CNC(N)=S. The number of aryl methyl sites for hydroxylation is 1. The van der Waals surface area contributed by atoms with Gasteiger partial charge in [0.05, 0.1) is 12.2 Å². The number of aromatic nitrogens is 1. The van der Waals surface area contributed by atoms with Gasteiger partial charge in [0.2, 0.25) is 0 Å². The van der Waals surface area contributed by atoms with E-state index in [1.807, 2.05) is 6.07 Å². The molecule has 0 radical (unpaired) electrons. The first kappa shape index (κ1) is 9.92. The fourth-order valence-corrected chi connectivity index (χ4v) is 1.20. The Morgan fingerprint density at radius 1 is 1.69 bits per heavy atom. The largest absolute Gasteiger partial charge is 0.376 e. The Morgan fingerprint density at radius 3 is 3.08 bits per heavy atom. The minimum Gasteiger partial charge on any atom is -0.376 e. The van der Waals surface area contributed by atoms with E-state index in [-0.39, 0.29) is 0 Å². The number of nitrogens with two attached hydrogens (primary N) is 1. The highest BCUT2D eigenvalue weighted by Gasteiger charge is 2.00. The topological polar surface area (TPSA) is 50.9 Å². The molecule has 0 aliphatic rings. The van der Waals surface area contributed by atoms with E-state index in [0.717, 1.165) is 12.1 Å². The Hall–Kier alpha value is -1.16. The third-order valence-electron chi connectivity index (χ3n) is 1.80. The van der Waals surface area contributed by atoms with Crippen LogP contribution in [-0.2, 0) is 13.0 Å². The summed E-state index contributed by atoms with van der Waals surface area (Å²) in [5.74, 6) is 0. The van der Waals surface area contributed by atoms with E-state index >= 15 is 0 Å². The van der Waals surface area contributed by atoms with Gasteiger partial charge in [0.25, 0.3) is 0 Å². The lowest BCUT2D eigenvalue weighted by atomic mass is 10.1. The number of thiocarbonyl (C=S) groups is 1. The molecule has 0 atom stereocenters. The van der Waals surface area contributed by atoms with E-state index in [4.69, 9.17) is 18.0 Å². The van der Waals surface area contributed by atoms with Gasteiger partial charge in [-0.15, -0.1) is 0 Å². The second kappa shape index (κ2) is 4.77. The van der Waals surface area contributed by atoms with Gasteiger partial charge in [-0.05, 0) is 30.3 Å². The van der Waals surface area contributed by atoms with Crippen molar-refractivity contribution in [3.63, 3.8) is 0 Å². The molecule has 0 saturated heterocycles. The second-order valence-corrected chi connectivity index (χ2v) is 3.12. The van der Waals surface area contributed by atoms with Crippen LogP contribution in [0.3, 0.4) is 0 Å². The summed E-state index contributed by atoms with van der Waals surface area (Å²) in [4.78, 5) is 4.24. The van der Waals surface area contributed by atoms with Crippen molar-refractivity contribution in [2.45, 2.75) is 19.9 Å². The van der Waals surface area contributed by atoms with E-state index in [0.29, 0.717) is 11.7 Å². The maximum Gasteiger partial charge on any atom is 0.163 e. The number of pyridine rings is 1. The second-order valence-electron chi connectivity index (χ2n) is 2.68. The van der Waals surface area contributed by atoms with Crippen LogP contribution < -0.4 is 11.1 Å². The molecule has 0 fully saturated rings. The molecule has 1 aromatic heterocycles. The van der Waals surface area contributed by atoms with Gasteiger partial charge in [0.15, 0.2) is 5.11 Å². The molecule has 0 unspecified atom stereocenters. The number of hydrogen-bond acceptors (Lipinski definition) is 2. The Balaban J connectivity index is 2.69. The van der Waals surface area contributed by atoms with Gasteiger partial charge in [-0.25, -0.2) is 0 Å². The normalized spacial score (nSPS) is 9.62. The van der Waals surface area contributed by atoms with Crippen molar-refractivity contribution >= 4 is 17.3 Å². The predicted octanol–water partition coefficient (Wildman–Crippen LogP) is 0.977. The fraction of sp³-hybridized carbons (Fsp3) is 0.333. The van der Waals surface area contributed by atoms with Crippen LogP contribution in [-0.4, -0.2) is 10.1 Å². The van der Waals surface area contributed by atoms with Gasteiger partial charge in [0.1, 0.15) is 0 Å². The van der Waals surface area contributed by atoms with Gasteiger partial charge in [-0.2, -0.15) is 0 Å². The molecule has 1 heterocycles. The van der Waals surface area contributed by atoms with Crippen molar-refractivity contribution in [1.29, 1.82) is 0 Å². The number of rotatable bonds is 3. The Bertz CT molecular complexity index is 299. The highest BCUT2D eigenvalue weighted by atomic mass is 32.1. The van der Waals surface area contributed by atoms with Gasteiger partial charge in [-0.3, -0.25) is 4.98 Å². The molecule has 0 amide bonds. The van der Waals surface area contributed by atoms with Crippen LogP contribution in [0.1, 0.15) is 18.2 Å². The zero-order chi connectivity index (χ0) is 9.68. The molecule has 0 aromatic carbocycles. The van der Waals surface area contributed by atoms with Crippen LogP contribution in [0.25, 0.3) is 0 Å². The monoisotopic (exact) mass is 195 g/mol. The molecule has 4 heteroatoms. The summed E-state index contributed by atoms with van der Waals surface area (Å²) in [7, 11) is 0. The average Bonchev–Trinajstić information content (AvgIpc) is 2.15. The average molecular weight is 195 g/mol. The van der Waals surface area contributed by atoms with Crippen molar-refractivity contribution in [1.82, 2.24) is 10.3 Å². The highest BCUT2D eigenvalue weighted by Crippen LogP contribution is 2.05. The molecular formula is C9H13N3S. The Morgan fingerprint density at radius 2 is 2.46 bits per heavy atom. The van der Waals surface area contributed by atoms with Crippen LogP contribution in [0, 0.1) is 0 Å². The number of hydrogen-bond donors (Lipinski definition) is 2. The van der Waals surface area contributed by atoms with E-state index < -0.39 is 0 Å². The van der Waals surface area contributed by atoms with Crippen LogP contribution in [0.4, 0.5) is 0 Å². The van der Waals surface area contributed by atoms with Crippen molar-refractivity contribution in [3.05, 3.63) is 29.6 Å². The van der Waals surface area contributed by atoms with Crippen molar-refractivity contribution in [2.24, 2.45) is 5.73 Å². The van der Waals surface area contributed by atoms with E-state index in [2.05, 4.69) is 23.3 Å². The predicted molar refractivity (Wildman–Crippen MR) is 57.2 cm³/mol. The first-order valence-corrected chi connectivity index (χ1v) is 4.61. The number of nitrogens with one attached hydrogen (secondary N) is 1. The lowest BCUT2D eigenvalue weighted by Crippen LogP contribution is -2.29. The maximum absolute atomic E-state index is 5.32. The Labute approximate surface area is 83.4 Å². The Kier molecular flexibility index (Phi) is 3.64. The molecular weight excluding hydrogens is 182 g/mol. The van der Waals surface area contributed by atoms with E-state index in [9.17, 15) is 0 Å².